The number of H-pyrrole nitrogens is 1. The van der Waals surface area contributed by atoms with Crippen LogP contribution in [0.5, 0.6) is 0 Å². The van der Waals surface area contributed by atoms with Gasteiger partial charge < -0.3 is 9.88 Å². The van der Waals surface area contributed by atoms with Crippen molar-refractivity contribution in [3.63, 3.8) is 0 Å². The monoisotopic (exact) mass is 236 g/mol. The molecule has 0 amide bonds. The number of likely N-dealkylation sites (tertiary alicyclic amines) is 1. The van der Waals surface area contributed by atoms with Crippen LogP contribution in [0.1, 0.15) is 17.9 Å². The maximum atomic E-state index is 13.8. The third-order valence-electron chi connectivity index (χ3n) is 3.56. The number of fused-ring (bicyclic) bond motifs is 1. The average Bonchev–Trinajstić information content (AvgIpc) is 2.83. The molecule has 1 unspecified atom stereocenters. The second-order valence-electron chi connectivity index (χ2n) is 4.80. The molecule has 0 spiro atoms. The third kappa shape index (κ3) is 1.72. The van der Waals surface area contributed by atoms with E-state index in [1.807, 2.05) is 6.20 Å². The van der Waals surface area contributed by atoms with Crippen LogP contribution in [-0.2, 0) is 0 Å². The van der Waals surface area contributed by atoms with Crippen molar-refractivity contribution < 1.29 is 8.78 Å². The van der Waals surface area contributed by atoms with Gasteiger partial charge >= 0.3 is 0 Å². The Kier molecular flexibility index (Phi) is 2.40. The van der Waals surface area contributed by atoms with Crippen molar-refractivity contribution in [3.8, 4) is 0 Å². The molecule has 0 saturated carbocycles. The summed E-state index contributed by atoms with van der Waals surface area (Å²) >= 11 is 0. The van der Waals surface area contributed by atoms with Crippen LogP contribution in [0.15, 0.2) is 18.3 Å². The zero-order valence-corrected chi connectivity index (χ0v) is 9.63. The molecule has 3 rings (SSSR count). The van der Waals surface area contributed by atoms with E-state index in [0.717, 1.165) is 31.1 Å². The van der Waals surface area contributed by atoms with Crippen LogP contribution in [0.2, 0.25) is 0 Å². The summed E-state index contributed by atoms with van der Waals surface area (Å²) in [5.41, 5.74) is 1.52. The first kappa shape index (κ1) is 10.7. The highest BCUT2D eigenvalue weighted by Gasteiger charge is 2.24. The third-order valence-corrected chi connectivity index (χ3v) is 3.56. The van der Waals surface area contributed by atoms with Gasteiger partial charge in [-0.25, -0.2) is 8.78 Å². The minimum atomic E-state index is -0.535. The summed E-state index contributed by atoms with van der Waals surface area (Å²) in [7, 11) is 2.06. The second kappa shape index (κ2) is 3.81. The molecule has 0 radical (unpaired) electrons. The van der Waals surface area contributed by atoms with Crippen LogP contribution in [-0.4, -0.2) is 30.0 Å². The van der Waals surface area contributed by atoms with Crippen molar-refractivity contribution in [2.45, 2.75) is 12.3 Å². The van der Waals surface area contributed by atoms with E-state index in [9.17, 15) is 8.78 Å². The summed E-state index contributed by atoms with van der Waals surface area (Å²) in [6, 6.07) is 2.30. The summed E-state index contributed by atoms with van der Waals surface area (Å²) in [6.07, 6.45) is 2.84. The lowest BCUT2D eigenvalue weighted by molar-refractivity contribution is 0.412. The second-order valence-corrected chi connectivity index (χ2v) is 4.80. The van der Waals surface area contributed by atoms with E-state index in [-0.39, 0.29) is 0 Å². The molecular formula is C13H14F2N2. The highest BCUT2D eigenvalue weighted by Crippen LogP contribution is 2.33. The molecule has 17 heavy (non-hydrogen) atoms. The van der Waals surface area contributed by atoms with E-state index in [1.54, 1.807) is 0 Å². The Morgan fingerprint density at radius 3 is 2.88 bits per heavy atom. The first-order valence-corrected chi connectivity index (χ1v) is 5.79. The molecule has 1 aliphatic rings. The topological polar surface area (TPSA) is 19.0 Å². The van der Waals surface area contributed by atoms with Crippen LogP contribution in [0, 0.1) is 11.6 Å². The highest BCUT2D eigenvalue weighted by atomic mass is 19.1. The van der Waals surface area contributed by atoms with Crippen LogP contribution < -0.4 is 0 Å². The van der Waals surface area contributed by atoms with Gasteiger partial charge in [0.05, 0.1) is 5.52 Å². The fourth-order valence-electron chi connectivity index (χ4n) is 2.72. The molecule has 2 heterocycles. The Morgan fingerprint density at radius 1 is 1.35 bits per heavy atom. The lowest BCUT2D eigenvalue weighted by Crippen LogP contribution is -2.13. The van der Waals surface area contributed by atoms with Crippen LogP contribution in [0.3, 0.4) is 0 Å². The molecule has 0 aliphatic carbocycles. The first-order chi connectivity index (χ1) is 8.15. The van der Waals surface area contributed by atoms with Gasteiger partial charge in [-0.2, -0.15) is 0 Å². The molecule has 1 atom stereocenters. The maximum Gasteiger partial charge on any atom is 0.135 e. The Hall–Kier alpha value is -1.42. The van der Waals surface area contributed by atoms with E-state index in [2.05, 4.69) is 16.9 Å². The molecule has 4 heteroatoms. The van der Waals surface area contributed by atoms with Gasteiger partial charge in [0.15, 0.2) is 0 Å². The van der Waals surface area contributed by atoms with E-state index in [0.29, 0.717) is 16.8 Å². The number of hydrogen-bond acceptors (Lipinski definition) is 1. The van der Waals surface area contributed by atoms with Crippen molar-refractivity contribution in [1.82, 2.24) is 9.88 Å². The Bertz CT molecular complexity index is 562. The summed E-state index contributed by atoms with van der Waals surface area (Å²) in [5, 5.41) is 0.548. The quantitative estimate of drug-likeness (QED) is 0.806. The van der Waals surface area contributed by atoms with Crippen molar-refractivity contribution in [3.05, 3.63) is 35.5 Å². The standard InChI is InChI=1S/C13H14F2N2/c1-17-3-2-8(7-17)10-6-16-12-5-9(14)4-11(15)13(10)12/h4-6,8,16H,2-3,7H2,1H3. The van der Waals surface area contributed by atoms with Gasteiger partial charge in [0.25, 0.3) is 0 Å². The van der Waals surface area contributed by atoms with Crippen molar-refractivity contribution in [2.75, 3.05) is 20.1 Å². The van der Waals surface area contributed by atoms with E-state index < -0.39 is 11.6 Å². The smallest absolute Gasteiger partial charge is 0.135 e. The number of halogens is 2. The number of hydrogen-bond donors (Lipinski definition) is 1. The Labute approximate surface area is 98.2 Å². The number of aromatic amines is 1. The average molecular weight is 236 g/mol. The SMILES string of the molecule is CN1CCC(c2c[nH]c3cc(F)cc(F)c23)C1. The molecule has 1 aromatic heterocycles. The minimum absolute atomic E-state index is 0.341. The predicted molar refractivity (Wildman–Crippen MR) is 63.1 cm³/mol. The van der Waals surface area contributed by atoms with E-state index in [1.165, 1.54) is 6.07 Å². The fraction of sp³-hybridized carbons (Fsp3) is 0.385. The van der Waals surface area contributed by atoms with Crippen molar-refractivity contribution in [2.24, 2.45) is 0 Å². The number of aromatic nitrogens is 1. The molecular weight excluding hydrogens is 222 g/mol. The Balaban J connectivity index is 2.11. The highest BCUT2D eigenvalue weighted by molar-refractivity contribution is 5.84. The Morgan fingerprint density at radius 2 is 2.18 bits per heavy atom. The number of nitrogens with zero attached hydrogens (tertiary/aromatic N) is 1. The number of nitrogens with one attached hydrogen (secondary N) is 1. The van der Waals surface area contributed by atoms with Gasteiger partial charge in [0.2, 0.25) is 0 Å². The van der Waals surface area contributed by atoms with Gasteiger partial charge in [-0.1, -0.05) is 0 Å². The molecule has 1 saturated heterocycles. The molecule has 0 bridgehead atoms. The number of benzene rings is 1. The molecule has 1 aromatic carbocycles. The zero-order chi connectivity index (χ0) is 12.0. The summed E-state index contributed by atoms with van der Waals surface area (Å²) in [4.78, 5) is 5.19. The molecule has 2 aromatic rings. The van der Waals surface area contributed by atoms with Crippen LogP contribution in [0.4, 0.5) is 8.78 Å². The zero-order valence-electron chi connectivity index (χ0n) is 9.63. The lowest BCUT2D eigenvalue weighted by atomic mass is 9.97. The van der Waals surface area contributed by atoms with Gasteiger partial charge in [0.1, 0.15) is 11.6 Å². The molecule has 2 nitrogen and oxygen atoms in total. The van der Waals surface area contributed by atoms with Crippen molar-refractivity contribution >= 4 is 10.9 Å². The van der Waals surface area contributed by atoms with Gasteiger partial charge in [-0.15, -0.1) is 0 Å². The van der Waals surface area contributed by atoms with Gasteiger partial charge in [-0.3, -0.25) is 0 Å². The van der Waals surface area contributed by atoms with Crippen molar-refractivity contribution in [1.29, 1.82) is 0 Å². The van der Waals surface area contributed by atoms with Gasteiger partial charge in [-0.05, 0) is 31.6 Å². The van der Waals surface area contributed by atoms with Crippen LogP contribution in [0.25, 0.3) is 10.9 Å². The maximum absolute atomic E-state index is 13.8. The molecule has 90 valence electrons. The first-order valence-electron chi connectivity index (χ1n) is 5.79. The van der Waals surface area contributed by atoms with Crippen LogP contribution >= 0.6 is 0 Å². The van der Waals surface area contributed by atoms with E-state index >= 15 is 0 Å². The predicted octanol–water partition coefficient (Wildman–Crippen LogP) is 2.87. The summed E-state index contributed by atoms with van der Waals surface area (Å²) in [6.45, 7) is 1.96. The summed E-state index contributed by atoms with van der Waals surface area (Å²) < 4.78 is 26.9. The molecule has 1 fully saturated rings. The van der Waals surface area contributed by atoms with E-state index in [4.69, 9.17) is 0 Å². The summed E-state index contributed by atoms with van der Waals surface area (Å²) in [5.74, 6) is -0.661. The fourth-order valence-corrected chi connectivity index (χ4v) is 2.72. The molecule has 1 N–H and O–H groups in total. The van der Waals surface area contributed by atoms with Gasteiger partial charge in [0, 0.05) is 30.1 Å². The number of rotatable bonds is 1. The minimum Gasteiger partial charge on any atom is -0.361 e. The number of likely N-dealkylation sites (N-methyl/N-ethyl adjacent to an activating group) is 1. The molecule has 1 aliphatic heterocycles. The lowest BCUT2D eigenvalue weighted by Gasteiger charge is -2.09. The largest absolute Gasteiger partial charge is 0.361 e. The normalized spacial score (nSPS) is 21.5.